The monoisotopic (exact) mass is 227 g/mol. The number of nitrogens with one attached hydrogen (secondary N) is 1. The minimum absolute atomic E-state index is 0.676. The van der Waals surface area contributed by atoms with E-state index in [1.54, 1.807) is 16.7 Å². The smallest absolute Gasteiger partial charge is 0.0164 e. The van der Waals surface area contributed by atoms with E-state index in [0.717, 1.165) is 6.54 Å². The molecule has 1 aliphatic heterocycles. The maximum absolute atomic E-state index is 3.48. The first-order valence-corrected chi connectivity index (χ1v) is 6.91. The summed E-state index contributed by atoms with van der Waals surface area (Å²) < 4.78 is 0. The second-order valence-electron chi connectivity index (χ2n) is 5.30. The van der Waals surface area contributed by atoms with Gasteiger partial charge in [0.2, 0.25) is 0 Å². The van der Waals surface area contributed by atoms with Crippen LogP contribution in [0.4, 0.5) is 0 Å². The van der Waals surface area contributed by atoms with Gasteiger partial charge in [0.1, 0.15) is 0 Å². The van der Waals surface area contributed by atoms with Crippen LogP contribution in [0.15, 0.2) is 35.9 Å². The Hall–Kier alpha value is -1.08. The lowest BCUT2D eigenvalue weighted by molar-refractivity contribution is 0.587. The third-order valence-corrected chi connectivity index (χ3v) is 4.06. The van der Waals surface area contributed by atoms with Crippen molar-refractivity contribution in [2.24, 2.45) is 0 Å². The molecule has 1 heteroatoms. The Balaban J connectivity index is 1.84. The highest BCUT2D eigenvalue weighted by molar-refractivity contribution is 5.36. The molecule has 1 fully saturated rings. The Kier molecular flexibility index (Phi) is 3.28. The van der Waals surface area contributed by atoms with E-state index in [1.165, 1.54) is 38.6 Å². The lowest BCUT2D eigenvalue weighted by Crippen LogP contribution is -2.24. The molecule has 17 heavy (non-hydrogen) atoms. The third-order valence-electron chi connectivity index (χ3n) is 4.06. The zero-order chi connectivity index (χ0) is 11.5. The first kappa shape index (κ1) is 11.0. The number of fused-ring (bicyclic) bond motifs is 1. The Morgan fingerprint density at radius 3 is 2.94 bits per heavy atom. The molecule has 0 amide bonds. The van der Waals surface area contributed by atoms with Crippen LogP contribution in [-0.4, -0.2) is 13.1 Å². The molecule has 1 unspecified atom stereocenters. The van der Waals surface area contributed by atoms with E-state index in [2.05, 4.69) is 35.7 Å². The molecule has 0 aromatic heterocycles. The fraction of sp³-hybridized carbons (Fsp3) is 0.500. The number of allylic oxidation sites excluding steroid dienone is 1. The van der Waals surface area contributed by atoms with Gasteiger partial charge in [-0.1, -0.05) is 35.9 Å². The summed E-state index contributed by atoms with van der Waals surface area (Å²) in [5, 5.41) is 3.48. The van der Waals surface area contributed by atoms with E-state index in [-0.39, 0.29) is 0 Å². The maximum Gasteiger partial charge on any atom is 0.0164 e. The summed E-state index contributed by atoms with van der Waals surface area (Å²) in [6.07, 6.45) is 9.10. The number of piperidine rings is 1. The quantitative estimate of drug-likeness (QED) is 0.725. The summed E-state index contributed by atoms with van der Waals surface area (Å²) in [7, 11) is 0. The van der Waals surface area contributed by atoms with Crippen LogP contribution in [0.1, 0.15) is 42.7 Å². The Bertz CT molecular complexity index is 411. The maximum atomic E-state index is 3.48. The summed E-state index contributed by atoms with van der Waals surface area (Å²) in [4.78, 5) is 0. The van der Waals surface area contributed by atoms with E-state index in [0.29, 0.717) is 5.92 Å². The number of benzene rings is 1. The van der Waals surface area contributed by atoms with Crippen LogP contribution < -0.4 is 5.32 Å². The van der Waals surface area contributed by atoms with E-state index >= 15 is 0 Å². The minimum Gasteiger partial charge on any atom is -0.313 e. The number of hydrogen-bond acceptors (Lipinski definition) is 1. The van der Waals surface area contributed by atoms with Crippen molar-refractivity contribution in [3.63, 3.8) is 0 Å². The van der Waals surface area contributed by atoms with E-state index in [4.69, 9.17) is 0 Å². The fourth-order valence-electron chi connectivity index (χ4n) is 3.17. The summed E-state index contributed by atoms with van der Waals surface area (Å²) in [6.45, 7) is 2.30. The highest BCUT2D eigenvalue weighted by Crippen LogP contribution is 2.33. The van der Waals surface area contributed by atoms with Crippen LogP contribution in [-0.2, 0) is 6.42 Å². The van der Waals surface area contributed by atoms with E-state index in [1.807, 2.05) is 0 Å². The van der Waals surface area contributed by atoms with Gasteiger partial charge in [0, 0.05) is 12.5 Å². The van der Waals surface area contributed by atoms with Gasteiger partial charge in [0.05, 0.1) is 0 Å². The molecular formula is C16H21N. The normalized spacial score (nSPS) is 26.8. The first-order valence-electron chi connectivity index (χ1n) is 6.91. The van der Waals surface area contributed by atoms with Crippen LogP contribution in [0.2, 0.25) is 0 Å². The van der Waals surface area contributed by atoms with Gasteiger partial charge in [-0.2, -0.15) is 0 Å². The molecule has 1 aromatic carbocycles. The van der Waals surface area contributed by atoms with Crippen LogP contribution in [0.25, 0.3) is 0 Å². The van der Waals surface area contributed by atoms with Crippen LogP contribution in [0, 0.1) is 0 Å². The van der Waals surface area contributed by atoms with Crippen molar-refractivity contribution in [1.29, 1.82) is 0 Å². The van der Waals surface area contributed by atoms with Gasteiger partial charge >= 0.3 is 0 Å². The largest absolute Gasteiger partial charge is 0.313 e. The molecule has 90 valence electrons. The Morgan fingerprint density at radius 1 is 1.12 bits per heavy atom. The van der Waals surface area contributed by atoms with Gasteiger partial charge in [-0.25, -0.2) is 0 Å². The van der Waals surface area contributed by atoms with Crippen molar-refractivity contribution in [2.45, 2.75) is 38.0 Å². The molecule has 1 N–H and O–H groups in total. The van der Waals surface area contributed by atoms with Crippen LogP contribution in [0.3, 0.4) is 0 Å². The molecule has 1 aromatic rings. The topological polar surface area (TPSA) is 12.0 Å². The van der Waals surface area contributed by atoms with Crippen LogP contribution >= 0.6 is 0 Å². The molecule has 0 bridgehead atoms. The highest BCUT2D eigenvalue weighted by atomic mass is 14.9. The van der Waals surface area contributed by atoms with Gasteiger partial charge < -0.3 is 5.32 Å². The standard InChI is InChI=1S/C16H21N/c1-2-9-16-14(6-1)7-3-8-15(16)11-13-5-4-10-17-12-13/h1-2,6,9,11,15,17H,3-5,7-8,10,12H2. The van der Waals surface area contributed by atoms with Crippen molar-refractivity contribution in [3.05, 3.63) is 47.0 Å². The molecule has 1 nitrogen and oxygen atoms in total. The average molecular weight is 227 g/mol. The summed E-state index contributed by atoms with van der Waals surface area (Å²) in [5.41, 5.74) is 4.78. The van der Waals surface area contributed by atoms with Gasteiger partial charge in [0.25, 0.3) is 0 Å². The Morgan fingerprint density at radius 2 is 2.06 bits per heavy atom. The minimum atomic E-state index is 0.676. The van der Waals surface area contributed by atoms with Crippen molar-refractivity contribution in [1.82, 2.24) is 5.32 Å². The van der Waals surface area contributed by atoms with Crippen molar-refractivity contribution in [3.8, 4) is 0 Å². The summed E-state index contributed by atoms with van der Waals surface area (Å²) in [6, 6.07) is 9.00. The zero-order valence-corrected chi connectivity index (χ0v) is 10.4. The Labute approximate surface area is 104 Å². The van der Waals surface area contributed by atoms with Gasteiger partial charge in [-0.15, -0.1) is 0 Å². The van der Waals surface area contributed by atoms with Crippen molar-refractivity contribution < 1.29 is 0 Å². The summed E-state index contributed by atoms with van der Waals surface area (Å²) >= 11 is 0. The summed E-state index contributed by atoms with van der Waals surface area (Å²) in [5.74, 6) is 0.676. The molecule has 0 saturated carbocycles. The second-order valence-corrected chi connectivity index (χ2v) is 5.30. The second kappa shape index (κ2) is 5.05. The number of rotatable bonds is 1. The fourth-order valence-corrected chi connectivity index (χ4v) is 3.17. The van der Waals surface area contributed by atoms with Crippen molar-refractivity contribution in [2.75, 3.05) is 13.1 Å². The first-order chi connectivity index (χ1) is 8.43. The highest BCUT2D eigenvalue weighted by Gasteiger charge is 2.18. The lowest BCUT2D eigenvalue weighted by atomic mass is 9.81. The molecule has 0 radical (unpaired) electrons. The molecule has 2 aliphatic rings. The van der Waals surface area contributed by atoms with Gasteiger partial charge in [-0.05, 0) is 49.8 Å². The van der Waals surface area contributed by atoms with Crippen LogP contribution in [0.5, 0.6) is 0 Å². The number of aryl methyl sites for hydroxylation is 1. The third kappa shape index (κ3) is 2.44. The zero-order valence-electron chi connectivity index (χ0n) is 10.4. The average Bonchev–Trinajstić information content (AvgIpc) is 2.40. The van der Waals surface area contributed by atoms with E-state index < -0.39 is 0 Å². The van der Waals surface area contributed by atoms with Gasteiger partial charge in [0.15, 0.2) is 0 Å². The SMILES string of the molecule is C(=C1CCCNC1)C1CCCc2ccccc21. The molecule has 1 aliphatic carbocycles. The van der Waals surface area contributed by atoms with Gasteiger partial charge in [-0.3, -0.25) is 0 Å². The predicted molar refractivity (Wildman–Crippen MR) is 72.3 cm³/mol. The van der Waals surface area contributed by atoms with E-state index in [9.17, 15) is 0 Å². The molecular weight excluding hydrogens is 206 g/mol. The lowest BCUT2D eigenvalue weighted by Gasteiger charge is -2.25. The molecule has 1 atom stereocenters. The molecule has 1 saturated heterocycles. The molecule has 1 heterocycles. The number of hydrogen-bond donors (Lipinski definition) is 1. The predicted octanol–water partition coefficient (Wildman–Crippen LogP) is 3.42. The molecule has 3 rings (SSSR count). The molecule has 0 spiro atoms. The van der Waals surface area contributed by atoms with Crippen molar-refractivity contribution >= 4 is 0 Å².